The monoisotopic (exact) mass is 318 g/mol. The highest BCUT2D eigenvalue weighted by Gasteiger charge is 2.46. The summed E-state index contributed by atoms with van der Waals surface area (Å²) in [6.45, 7) is 3.51. The molecule has 2 heterocycles. The maximum absolute atomic E-state index is 11.6. The number of fused-ring (bicyclic) bond motifs is 1. The van der Waals surface area contributed by atoms with Gasteiger partial charge >= 0.3 is 0 Å². The van der Waals surface area contributed by atoms with Crippen LogP contribution < -0.4 is 5.32 Å². The lowest BCUT2D eigenvalue weighted by molar-refractivity contribution is 0.437. The molecule has 0 bridgehead atoms. The summed E-state index contributed by atoms with van der Waals surface area (Å²) < 4.78 is 37.6. The van der Waals surface area contributed by atoms with E-state index in [0.29, 0.717) is 5.69 Å². The lowest BCUT2D eigenvalue weighted by atomic mass is 9.85. The summed E-state index contributed by atoms with van der Waals surface area (Å²) in [6, 6.07) is 8.96. The van der Waals surface area contributed by atoms with E-state index in [9.17, 15) is 13.0 Å². The second-order valence-corrected chi connectivity index (χ2v) is 7.33. The standard InChI is InChI=1S/C15H14N2O4S/c1-15(2)12-6-9(10-5-11(7-16)21-8-10)3-4-13(12)17-14(15)22(18,19)20/h3-6,8,14,17H,1-2H3,(H,18,19,20). The molecule has 0 spiro atoms. The van der Waals surface area contributed by atoms with Gasteiger partial charge in [0.1, 0.15) is 12.3 Å². The van der Waals surface area contributed by atoms with E-state index >= 15 is 0 Å². The van der Waals surface area contributed by atoms with E-state index in [1.165, 1.54) is 6.26 Å². The molecule has 22 heavy (non-hydrogen) atoms. The number of furan rings is 1. The third kappa shape index (κ3) is 2.17. The van der Waals surface area contributed by atoms with Crippen LogP contribution in [0.5, 0.6) is 0 Å². The van der Waals surface area contributed by atoms with Gasteiger partial charge in [0.15, 0.2) is 5.37 Å². The summed E-state index contributed by atoms with van der Waals surface area (Å²) in [5.41, 5.74) is 2.22. The van der Waals surface area contributed by atoms with Crippen molar-refractivity contribution in [2.24, 2.45) is 0 Å². The first-order valence-corrected chi connectivity index (χ1v) is 8.10. The number of nitriles is 1. The van der Waals surface area contributed by atoms with E-state index in [2.05, 4.69) is 5.32 Å². The molecule has 1 aromatic carbocycles. The Morgan fingerprint density at radius 2 is 2.05 bits per heavy atom. The first-order valence-electron chi connectivity index (χ1n) is 6.60. The number of hydrogen-bond acceptors (Lipinski definition) is 5. The van der Waals surface area contributed by atoms with Crippen molar-refractivity contribution in [1.29, 1.82) is 5.26 Å². The van der Waals surface area contributed by atoms with Crippen molar-refractivity contribution in [2.45, 2.75) is 24.6 Å². The van der Waals surface area contributed by atoms with Crippen molar-refractivity contribution >= 4 is 15.8 Å². The molecule has 0 saturated heterocycles. The van der Waals surface area contributed by atoms with Crippen LogP contribution in [0.4, 0.5) is 5.69 Å². The third-order valence-corrected chi connectivity index (χ3v) is 5.30. The largest absolute Gasteiger partial charge is 0.453 e. The van der Waals surface area contributed by atoms with Crippen molar-refractivity contribution in [3.8, 4) is 17.2 Å². The van der Waals surface area contributed by atoms with Crippen LogP contribution in [0.1, 0.15) is 25.2 Å². The van der Waals surface area contributed by atoms with Crippen molar-refractivity contribution in [3.05, 3.63) is 41.9 Å². The van der Waals surface area contributed by atoms with Gasteiger partial charge < -0.3 is 9.73 Å². The van der Waals surface area contributed by atoms with Gasteiger partial charge in [-0.15, -0.1) is 0 Å². The number of hydrogen-bond donors (Lipinski definition) is 2. The fourth-order valence-corrected chi connectivity index (χ4v) is 3.99. The first-order chi connectivity index (χ1) is 10.2. The zero-order valence-corrected chi connectivity index (χ0v) is 12.8. The Kier molecular flexibility index (Phi) is 3.06. The molecular formula is C15H14N2O4S. The van der Waals surface area contributed by atoms with E-state index in [1.807, 2.05) is 12.1 Å². The minimum atomic E-state index is -4.23. The maximum atomic E-state index is 11.6. The lowest BCUT2D eigenvalue weighted by Gasteiger charge is -2.24. The first kappa shape index (κ1) is 14.6. The van der Waals surface area contributed by atoms with Gasteiger partial charge in [-0.25, -0.2) is 0 Å². The van der Waals surface area contributed by atoms with Crippen LogP contribution in [0, 0.1) is 11.3 Å². The van der Waals surface area contributed by atoms with E-state index in [4.69, 9.17) is 9.68 Å². The molecule has 1 aromatic heterocycles. The highest BCUT2D eigenvalue weighted by molar-refractivity contribution is 7.86. The molecule has 2 N–H and O–H groups in total. The predicted molar refractivity (Wildman–Crippen MR) is 80.8 cm³/mol. The summed E-state index contributed by atoms with van der Waals surface area (Å²) in [7, 11) is -4.23. The minimum absolute atomic E-state index is 0.212. The van der Waals surface area contributed by atoms with Crippen LogP contribution in [-0.4, -0.2) is 18.3 Å². The summed E-state index contributed by atoms with van der Waals surface area (Å²) in [5, 5.41) is 10.6. The molecule has 3 rings (SSSR count). The van der Waals surface area contributed by atoms with Gasteiger partial charge in [-0.2, -0.15) is 13.7 Å². The SMILES string of the molecule is CC1(C)c2cc(-c3coc(C#N)c3)ccc2NC1S(=O)(=O)O. The minimum Gasteiger partial charge on any atom is -0.453 e. The smallest absolute Gasteiger partial charge is 0.287 e. The van der Waals surface area contributed by atoms with E-state index in [-0.39, 0.29) is 5.76 Å². The molecule has 0 saturated carbocycles. The molecule has 1 unspecified atom stereocenters. The van der Waals surface area contributed by atoms with Crippen LogP contribution >= 0.6 is 0 Å². The van der Waals surface area contributed by atoms with Crippen LogP contribution in [0.3, 0.4) is 0 Å². The highest BCUT2D eigenvalue weighted by Crippen LogP contribution is 2.44. The van der Waals surface area contributed by atoms with Crippen molar-refractivity contribution in [3.63, 3.8) is 0 Å². The molecule has 1 atom stereocenters. The van der Waals surface area contributed by atoms with Crippen LogP contribution in [0.2, 0.25) is 0 Å². The number of benzene rings is 1. The highest BCUT2D eigenvalue weighted by atomic mass is 32.2. The fourth-order valence-electron chi connectivity index (χ4n) is 2.84. The molecule has 0 aliphatic carbocycles. The average molecular weight is 318 g/mol. The van der Waals surface area contributed by atoms with Gasteiger partial charge in [0.25, 0.3) is 10.1 Å². The number of nitrogens with zero attached hydrogens (tertiary/aromatic N) is 1. The molecule has 0 amide bonds. The van der Waals surface area contributed by atoms with Crippen LogP contribution in [-0.2, 0) is 15.5 Å². The van der Waals surface area contributed by atoms with Crippen molar-refractivity contribution in [1.82, 2.24) is 0 Å². The molecular weight excluding hydrogens is 304 g/mol. The molecule has 6 nitrogen and oxygen atoms in total. The molecule has 2 aromatic rings. The normalized spacial score (nSPS) is 19.3. The van der Waals surface area contributed by atoms with Gasteiger partial charge in [-0.3, -0.25) is 4.55 Å². The Bertz CT molecular complexity index is 891. The van der Waals surface area contributed by atoms with Crippen molar-refractivity contribution < 1.29 is 17.4 Å². The molecule has 0 fully saturated rings. The Morgan fingerprint density at radius 1 is 1.32 bits per heavy atom. The summed E-state index contributed by atoms with van der Waals surface area (Å²) in [5.74, 6) is 0.212. The molecule has 1 aliphatic heterocycles. The molecule has 114 valence electrons. The molecule has 1 aliphatic rings. The Labute approximate surface area is 128 Å². The lowest BCUT2D eigenvalue weighted by Crippen LogP contribution is -2.39. The second kappa shape index (κ2) is 4.60. The van der Waals surface area contributed by atoms with Crippen LogP contribution in [0.15, 0.2) is 34.9 Å². The van der Waals surface area contributed by atoms with Gasteiger partial charge in [0.05, 0.1) is 0 Å². The van der Waals surface area contributed by atoms with Crippen LogP contribution in [0.25, 0.3) is 11.1 Å². The number of anilines is 1. The summed E-state index contributed by atoms with van der Waals surface area (Å²) >= 11 is 0. The Hall–Kier alpha value is -2.30. The quantitative estimate of drug-likeness (QED) is 0.825. The predicted octanol–water partition coefficient (Wildman–Crippen LogP) is 2.74. The Morgan fingerprint density at radius 3 is 2.64 bits per heavy atom. The topological polar surface area (TPSA) is 103 Å². The van der Waals surface area contributed by atoms with Gasteiger partial charge in [-0.05, 0) is 23.3 Å². The molecule has 0 radical (unpaired) electrons. The average Bonchev–Trinajstić information content (AvgIpc) is 3.01. The number of rotatable bonds is 2. The van der Waals surface area contributed by atoms with Crippen molar-refractivity contribution in [2.75, 3.05) is 5.32 Å². The molecule has 7 heteroatoms. The second-order valence-electron chi connectivity index (χ2n) is 5.83. The van der Waals surface area contributed by atoms with Gasteiger partial charge in [0, 0.05) is 22.7 Å². The van der Waals surface area contributed by atoms with E-state index in [0.717, 1.165) is 16.7 Å². The van der Waals surface area contributed by atoms with E-state index < -0.39 is 20.9 Å². The van der Waals surface area contributed by atoms with Gasteiger partial charge in [-0.1, -0.05) is 19.9 Å². The zero-order chi connectivity index (χ0) is 16.1. The summed E-state index contributed by atoms with van der Waals surface area (Å²) in [4.78, 5) is 0. The number of nitrogens with one attached hydrogen (secondary N) is 1. The maximum Gasteiger partial charge on any atom is 0.287 e. The van der Waals surface area contributed by atoms with Gasteiger partial charge in [0.2, 0.25) is 5.76 Å². The van der Waals surface area contributed by atoms with E-state index in [1.54, 1.807) is 32.0 Å². The fraction of sp³-hybridized carbons (Fsp3) is 0.267. The Balaban J connectivity index is 2.09. The third-order valence-electron chi connectivity index (χ3n) is 4.00. The summed E-state index contributed by atoms with van der Waals surface area (Å²) in [6.07, 6.45) is 1.48. The zero-order valence-electron chi connectivity index (χ0n) is 12.0.